The number of ketones is 1. The molecule has 2 aromatic carbocycles. The van der Waals surface area contributed by atoms with Crippen LogP contribution in [0.25, 0.3) is 0 Å². The van der Waals surface area contributed by atoms with Crippen LogP contribution in [-0.2, 0) is 6.18 Å². The molecule has 3 aromatic rings. The van der Waals surface area contributed by atoms with Gasteiger partial charge in [-0.3, -0.25) is 9.59 Å². The molecule has 1 aromatic heterocycles. The lowest BCUT2D eigenvalue weighted by atomic mass is 10.1. The van der Waals surface area contributed by atoms with E-state index in [2.05, 4.69) is 10.3 Å². The number of halogens is 3. The fourth-order valence-electron chi connectivity index (χ4n) is 2.17. The van der Waals surface area contributed by atoms with E-state index in [1.165, 1.54) is 24.3 Å². The van der Waals surface area contributed by atoms with E-state index < -0.39 is 28.6 Å². The second kappa shape index (κ2) is 7.09. The number of nitrogens with zero attached hydrogens (tertiary/aromatic N) is 1. The summed E-state index contributed by atoms with van der Waals surface area (Å²) in [5.41, 5.74) is -0.869. The highest BCUT2D eigenvalue weighted by atomic mass is 32.1. The van der Waals surface area contributed by atoms with Gasteiger partial charge in [-0.15, -0.1) is 0 Å². The summed E-state index contributed by atoms with van der Waals surface area (Å²) in [4.78, 5) is 28.0. The zero-order valence-corrected chi connectivity index (χ0v) is 13.9. The minimum Gasteiger partial charge on any atom is -0.312 e. The summed E-state index contributed by atoms with van der Waals surface area (Å²) in [6.07, 6.45) is -4.80. The highest BCUT2D eigenvalue weighted by Crippen LogP contribution is 2.38. The van der Waals surface area contributed by atoms with Crippen LogP contribution in [0.1, 0.15) is 31.4 Å². The fourth-order valence-corrected chi connectivity index (χ4v) is 3.11. The molecule has 1 heterocycles. The van der Waals surface area contributed by atoms with Crippen molar-refractivity contribution in [3.8, 4) is 0 Å². The molecule has 1 N–H and O–H groups in total. The van der Waals surface area contributed by atoms with E-state index >= 15 is 0 Å². The molecule has 0 spiro atoms. The SMILES string of the molecule is O=C(Nc1sc(C(=O)c2ccccc2)nc1C(F)(F)F)c1ccccc1. The van der Waals surface area contributed by atoms with E-state index in [4.69, 9.17) is 0 Å². The summed E-state index contributed by atoms with van der Waals surface area (Å²) in [6, 6.07) is 15.7. The van der Waals surface area contributed by atoms with Crippen LogP contribution < -0.4 is 5.32 Å². The first-order valence-corrected chi connectivity index (χ1v) is 8.22. The molecule has 0 unspecified atom stereocenters. The van der Waals surface area contributed by atoms with Gasteiger partial charge >= 0.3 is 6.18 Å². The van der Waals surface area contributed by atoms with Gasteiger partial charge in [-0.1, -0.05) is 59.9 Å². The number of anilines is 1. The Hall–Kier alpha value is -3.00. The van der Waals surface area contributed by atoms with Crippen LogP contribution in [0.4, 0.5) is 18.2 Å². The third-order valence-electron chi connectivity index (χ3n) is 3.39. The van der Waals surface area contributed by atoms with Crippen LogP contribution in [0, 0.1) is 0 Å². The van der Waals surface area contributed by atoms with Gasteiger partial charge in [-0.05, 0) is 12.1 Å². The first-order chi connectivity index (χ1) is 12.4. The number of rotatable bonds is 4. The first-order valence-electron chi connectivity index (χ1n) is 7.40. The number of amides is 1. The number of thiazole rings is 1. The quantitative estimate of drug-likeness (QED) is 0.675. The summed E-state index contributed by atoms with van der Waals surface area (Å²) in [5, 5.41) is 1.36. The molecule has 0 fully saturated rings. The van der Waals surface area contributed by atoms with E-state index in [-0.39, 0.29) is 16.1 Å². The minimum atomic E-state index is -4.80. The van der Waals surface area contributed by atoms with Crippen molar-refractivity contribution in [2.24, 2.45) is 0 Å². The van der Waals surface area contributed by atoms with Crippen molar-refractivity contribution in [2.75, 3.05) is 5.32 Å². The second-order valence-corrected chi connectivity index (χ2v) is 6.21. The van der Waals surface area contributed by atoms with Gasteiger partial charge in [0.2, 0.25) is 5.78 Å². The summed E-state index contributed by atoms with van der Waals surface area (Å²) in [6.45, 7) is 0. The van der Waals surface area contributed by atoms with E-state index in [0.29, 0.717) is 11.3 Å². The molecule has 0 radical (unpaired) electrons. The van der Waals surface area contributed by atoms with Crippen LogP contribution in [0.5, 0.6) is 0 Å². The van der Waals surface area contributed by atoms with Crippen molar-refractivity contribution in [1.82, 2.24) is 4.98 Å². The lowest BCUT2D eigenvalue weighted by Crippen LogP contribution is -2.15. The van der Waals surface area contributed by atoms with Gasteiger partial charge < -0.3 is 5.32 Å². The third-order valence-corrected chi connectivity index (χ3v) is 4.36. The van der Waals surface area contributed by atoms with Gasteiger partial charge in [-0.2, -0.15) is 13.2 Å². The molecule has 4 nitrogen and oxygen atoms in total. The monoisotopic (exact) mass is 376 g/mol. The summed E-state index contributed by atoms with van der Waals surface area (Å²) < 4.78 is 39.8. The molecule has 0 atom stereocenters. The molecule has 0 aliphatic heterocycles. The topological polar surface area (TPSA) is 59.1 Å². The first kappa shape index (κ1) is 17.8. The molecular formula is C18H11F3N2O2S. The molecule has 0 bridgehead atoms. The van der Waals surface area contributed by atoms with Crippen molar-refractivity contribution in [1.29, 1.82) is 0 Å². The van der Waals surface area contributed by atoms with Gasteiger partial charge in [0.15, 0.2) is 10.7 Å². The highest BCUT2D eigenvalue weighted by molar-refractivity contribution is 7.18. The number of carbonyl (C=O) groups excluding carboxylic acids is 2. The smallest absolute Gasteiger partial charge is 0.312 e. The molecule has 132 valence electrons. The Balaban J connectivity index is 1.95. The zero-order chi connectivity index (χ0) is 18.7. The van der Waals surface area contributed by atoms with Crippen molar-refractivity contribution in [3.63, 3.8) is 0 Å². The van der Waals surface area contributed by atoms with Crippen molar-refractivity contribution >= 4 is 28.0 Å². The van der Waals surface area contributed by atoms with Gasteiger partial charge in [-0.25, -0.2) is 4.98 Å². The van der Waals surface area contributed by atoms with E-state index in [0.717, 1.165) is 0 Å². The number of benzene rings is 2. The Kier molecular flexibility index (Phi) is 4.85. The average molecular weight is 376 g/mol. The van der Waals surface area contributed by atoms with Gasteiger partial charge in [0, 0.05) is 11.1 Å². The molecule has 0 saturated heterocycles. The number of alkyl halides is 3. The van der Waals surface area contributed by atoms with Crippen molar-refractivity contribution < 1.29 is 22.8 Å². The standard InChI is InChI=1S/C18H11F3N2O2S/c19-18(20,21)14-17(23-15(25)12-9-5-2-6-10-12)26-16(22-14)13(24)11-7-3-1-4-8-11/h1-10H,(H,23,25). The maximum absolute atomic E-state index is 13.3. The largest absolute Gasteiger partial charge is 0.436 e. The molecule has 3 rings (SSSR count). The maximum atomic E-state index is 13.3. The van der Waals surface area contributed by atoms with Gasteiger partial charge in [0.05, 0.1) is 0 Å². The molecular weight excluding hydrogens is 365 g/mol. The van der Waals surface area contributed by atoms with Gasteiger partial charge in [0.25, 0.3) is 5.91 Å². The highest BCUT2D eigenvalue weighted by Gasteiger charge is 2.39. The van der Waals surface area contributed by atoms with Crippen LogP contribution in [0.2, 0.25) is 0 Å². The van der Waals surface area contributed by atoms with Crippen LogP contribution in [0.15, 0.2) is 60.7 Å². The van der Waals surface area contributed by atoms with Crippen molar-refractivity contribution in [3.05, 3.63) is 82.5 Å². The number of nitrogens with one attached hydrogen (secondary N) is 1. The minimum absolute atomic E-state index is 0.199. The van der Waals surface area contributed by atoms with E-state index in [1.54, 1.807) is 36.4 Å². The predicted octanol–water partition coefficient (Wildman–Crippen LogP) is 4.65. The normalized spacial score (nSPS) is 11.2. The zero-order valence-electron chi connectivity index (χ0n) is 13.1. The molecule has 1 amide bonds. The molecule has 0 aliphatic rings. The Morgan fingerprint density at radius 2 is 1.42 bits per heavy atom. The lowest BCUT2D eigenvalue weighted by Gasteiger charge is -2.07. The lowest BCUT2D eigenvalue weighted by molar-refractivity contribution is -0.140. The van der Waals surface area contributed by atoms with E-state index in [9.17, 15) is 22.8 Å². The Morgan fingerprint density at radius 3 is 1.96 bits per heavy atom. The predicted molar refractivity (Wildman–Crippen MR) is 91.4 cm³/mol. The average Bonchev–Trinajstić information content (AvgIpc) is 3.07. The van der Waals surface area contributed by atoms with E-state index in [1.807, 2.05) is 0 Å². The Labute approximate surface area is 150 Å². The second-order valence-electron chi connectivity index (χ2n) is 5.21. The van der Waals surface area contributed by atoms with Crippen LogP contribution in [-0.4, -0.2) is 16.7 Å². The number of hydrogen-bond acceptors (Lipinski definition) is 4. The number of carbonyl (C=O) groups is 2. The summed E-state index contributed by atoms with van der Waals surface area (Å²) in [7, 11) is 0. The Morgan fingerprint density at radius 1 is 0.885 bits per heavy atom. The molecule has 26 heavy (non-hydrogen) atoms. The maximum Gasteiger partial charge on any atom is 0.436 e. The Bertz CT molecular complexity index is 938. The fraction of sp³-hybridized carbons (Fsp3) is 0.0556. The molecule has 8 heteroatoms. The molecule has 0 aliphatic carbocycles. The van der Waals surface area contributed by atoms with Crippen molar-refractivity contribution in [2.45, 2.75) is 6.18 Å². The van der Waals surface area contributed by atoms with Crippen LogP contribution in [0.3, 0.4) is 0 Å². The number of hydrogen-bond donors (Lipinski definition) is 1. The van der Waals surface area contributed by atoms with Crippen LogP contribution >= 0.6 is 11.3 Å². The third kappa shape index (κ3) is 3.80. The summed E-state index contributed by atoms with van der Waals surface area (Å²) >= 11 is 0.500. The van der Waals surface area contributed by atoms with Gasteiger partial charge in [0.1, 0.15) is 5.00 Å². The number of aromatic nitrogens is 1. The summed E-state index contributed by atoms with van der Waals surface area (Å²) in [5.74, 6) is -1.35. The molecule has 0 saturated carbocycles.